The number of methoxy groups -OCH3 is 2. The molecule has 3 aromatic heterocycles. The van der Waals surface area contributed by atoms with Crippen molar-refractivity contribution in [3.63, 3.8) is 0 Å². The molecule has 1 aromatic carbocycles. The second-order valence-electron chi connectivity index (χ2n) is 6.98. The molecular weight excluding hydrogens is 551 g/mol. The fourth-order valence-corrected chi connectivity index (χ4v) is 4.72. The molecule has 4 aromatic rings. The summed E-state index contributed by atoms with van der Waals surface area (Å²) in [5, 5.41) is 11.7. The molecular formula is C20H17F2IN7O3-. The third-order valence-electron chi connectivity index (χ3n) is 5.29. The van der Waals surface area contributed by atoms with Gasteiger partial charge in [-0.15, -0.1) is 0 Å². The number of nitrogens with one attached hydrogen (secondary N) is 1. The van der Waals surface area contributed by atoms with Crippen LogP contribution in [-0.4, -0.2) is 48.4 Å². The van der Waals surface area contributed by atoms with Crippen LogP contribution in [0.25, 0.3) is 11.0 Å². The summed E-state index contributed by atoms with van der Waals surface area (Å²) >= 11 is -0.411. The zero-order valence-electron chi connectivity index (χ0n) is 17.6. The number of carbonyl (C=O) groups excluding carboxylic acids is 1. The Labute approximate surface area is 196 Å². The van der Waals surface area contributed by atoms with Crippen LogP contribution in [0.4, 0.5) is 30.6 Å². The minimum atomic E-state index is -1.01. The monoisotopic (exact) mass is 568 g/mol. The van der Waals surface area contributed by atoms with Gasteiger partial charge < -0.3 is 0 Å². The van der Waals surface area contributed by atoms with Crippen molar-refractivity contribution in [1.29, 1.82) is 0 Å². The predicted octanol–water partition coefficient (Wildman–Crippen LogP) is 0.210. The number of H-pyrrole nitrogens is 1. The van der Waals surface area contributed by atoms with Crippen LogP contribution in [0.15, 0.2) is 30.9 Å². The van der Waals surface area contributed by atoms with Crippen LogP contribution in [0.5, 0.6) is 11.5 Å². The van der Waals surface area contributed by atoms with Gasteiger partial charge in [-0.2, -0.15) is 0 Å². The Bertz CT molecular complexity index is 1360. The first-order chi connectivity index (χ1) is 16.0. The van der Waals surface area contributed by atoms with E-state index in [2.05, 4.69) is 20.3 Å². The Morgan fingerprint density at radius 1 is 1.09 bits per heavy atom. The summed E-state index contributed by atoms with van der Waals surface area (Å²) in [7, 11) is 2.50. The number of nitrogens with zero attached hydrogens (tertiary/aromatic N) is 6. The molecule has 0 saturated carbocycles. The number of carbonyl (C=O) groups is 1. The second kappa shape index (κ2) is 8.13. The van der Waals surface area contributed by atoms with Crippen molar-refractivity contribution in [2.24, 2.45) is 0 Å². The SMILES string of the molecule is COc1cc(OC)c(F)c(N2Cc3cnc4[nH]ncc4c3N(c3cnn([I-]C)c3)C2=O)c1F. The summed E-state index contributed by atoms with van der Waals surface area (Å²) in [5.74, 6) is -2.53. The number of aromatic amines is 1. The number of hydrogen-bond donors (Lipinski definition) is 1. The number of halogens is 3. The normalized spacial score (nSPS) is 13.7. The molecule has 0 aliphatic carbocycles. The molecule has 0 spiro atoms. The number of anilines is 3. The van der Waals surface area contributed by atoms with Gasteiger partial charge in [0.2, 0.25) is 0 Å². The first-order valence-electron chi connectivity index (χ1n) is 9.55. The van der Waals surface area contributed by atoms with Gasteiger partial charge in [0.1, 0.15) is 0 Å². The Hall–Kier alpha value is -3.49. The number of rotatable bonds is 5. The molecule has 1 aliphatic heterocycles. The van der Waals surface area contributed by atoms with Crippen molar-refractivity contribution < 1.29 is 44.5 Å². The van der Waals surface area contributed by atoms with Gasteiger partial charge in [0.15, 0.2) is 0 Å². The molecule has 0 unspecified atom stereocenters. The topological polar surface area (TPSA) is 101 Å². The maximum absolute atomic E-state index is 15.3. The summed E-state index contributed by atoms with van der Waals surface area (Å²) in [6.07, 6.45) is 6.37. The van der Waals surface area contributed by atoms with Gasteiger partial charge in [0.05, 0.1) is 0 Å². The number of pyridine rings is 1. The van der Waals surface area contributed by atoms with Gasteiger partial charge in [-0.25, -0.2) is 0 Å². The number of hydrogen-bond acceptors (Lipinski definition) is 6. The standard InChI is InChI=1S/C20H17F2IN7O3/c1-23-29-9-11(6-26-29)30-17-10(5-24-19-12(17)7-25-27-19)8-28(20(30)31)18-15(21)13(32-2)4-14(33-3)16(18)22/h4-7,9H,8H2,1-3H3,(H,24,25,27)/q-1. The number of amides is 2. The molecule has 2 amide bonds. The molecule has 172 valence electrons. The number of urea groups is 1. The van der Waals surface area contributed by atoms with E-state index in [-0.39, 0.29) is 18.0 Å². The zero-order valence-corrected chi connectivity index (χ0v) is 19.8. The van der Waals surface area contributed by atoms with E-state index in [0.29, 0.717) is 28.0 Å². The Balaban J connectivity index is 1.75. The first-order valence-corrected chi connectivity index (χ1v) is 12.7. The Morgan fingerprint density at radius 2 is 1.82 bits per heavy atom. The van der Waals surface area contributed by atoms with Crippen molar-refractivity contribution in [1.82, 2.24) is 23.2 Å². The average molecular weight is 568 g/mol. The van der Waals surface area contributed by atoms with Crippen molar-refractivity contribution in [3.05, 3.63) is 48.1 Å². The summed E-state index contributed by atoms with van der Waals surface area (Å²) < 4.78 is 42.4. The molecule has 0 atom stereocenters. The molecule has 5 rings (SSSR count). The van der Waals surface area contributed by atoms with Crippen LogP contribution in [-0.2, 0) is 6.54 Å². The molecule has 13 heteroatoms. The molecule has 1 N–H and O–H groups in total. The van der Waals surface area contributed by atoms with Gasteiger partial charge in [0, 0.05) is 0 Å². The molecule has 0 saturated heterocycles. The van der Waals surface area contributed by atoms with Gasteiger partial charge in [0.25, 0.3) is 0 Å². The Kier molecular flexibility index (Phi) is 5.26. The van der Waals surface area contributed by atoms with Crippen LogP contribution in [0.2, 0.25) is 0 Å². The fourth-order valence-electron chi connectivity index (χ4n) is 3.78. The molecule has 33 heavy (non-hydrogen) atoms. The van der Waals surface area contributed by atoms with Crippen molar-refractivity contribution >= 4 is 34.1 Å². The van der Waals surface area contributed by atoms with Gasteiger partial charge in [-0.05, 0) is 0 Å². The molecule has 10 nitrogen and oxygen atoms in total. The third-order valence-corrected chi connectivity index (χ3v) is 6.81. The number of ether oxygens (including phenoxy) is 2. The second-order valence-corrected chi connectivity index (χ2v) is 8.94. The van der Waals surface area contributed by atoms with Crippen molar-refractivity contribution in [2.75, 3.05) is 28.9 Å². The summed E-state index contributed by atoms with van der Waals surface area (Å²) in [6.45, 7) is -0.127. The quantitative estimate of drug-likeness (QED) is 0.273. The Morgan fingerprint density at radius 3 is 2.45 bits per heavy atom. The fraction of sp³-hybridized carbons (Fsp3) is 0.200. The molecule has 0 radical (unpaired) electrons. The van der Waals surface area contributed by atoms with E-state index in [1.165, 1.54) is 19.1 Å². The van der Waals surface area contributed by atoms with E-state index in [9.17, 15) is 4.79 Å². The number of benzene rings is 1. The minimum absolute atomic E-state index is 0.127. The van der Waals surface area contributed by atoms with Crippen molar-refractivity contribution in [3.8, 4) is 11.5 Å². The predicted molar refractivity (Wildman–Crippen MR) is 111 cm³/mol. The molecule has 0 fully saturated rings. The summed E-state index contributed by atoms with van der Waals surface area (Å²) in [4.78, 5) is 22.5. The summed E-state index contributed by atoms with van der Waals surface area (Å²) in [6, 6.07) is 0.429. The van der Waals surface area contributed by atoms with E-state index in [1.807, 2.05) is 4.93 Å². The van der Waals surface area contributed by atoms with Gasteiger partial charge >= 0.3 is 197 Å². The van der Waals surface area contributed by atoms with Crippen LogP contribution < -0.4 is 40.8 Å². The molecule has 0 bridgehead atoms. The van der Waals surface area contributed by atoms with Crippen LogP contribution in [0.1, 0.15) is 5.56 Å². The maximum atomic E-state index is 15.3. The van der Waals surface area contributed by atoms with E-state index >= 15 is 8.78 Å². The third kappa shape index (κ3) is 3.25. The van der Waals surface area contributed by atoms with E-state index in [4.69, 9.17) is 9.47 Å². The van der Waals surface area contributed by atoms with Crippen LogP contribution in [0.3, 0.4) is 0 Å². The molecule has 4 heterocycles. The summed E-state index contributed by atoms with van der Waals surface area (Å²) in [5.41, 5.74) is 1.46. The number of alkyl halides is 1. The molecule has 1 aliphatic rings. The van der Waals surface area contributed by atoms with Gasteiger partial charge in [-0.1, -0.05) is 0 Å². The average Bonchev–Trinajstić information content (AvgIpc) is 3.49. The van der Waals surface area contributed by atoms with E-state index in [1.54, 1.807) is 27.7 Å². The van der Waals surface area contributed by atoms with Crippen LogP contribution in [0, 0.1) is 11.6 Å². The van der Waals surface area contributed by atoms with Gasteiger partial charge in [-0.3, -0.25) is 0 Å². The van der Waals surface area contributed by atoms with E-state index < -0.39 is 44.8 Å². The van der Waals surface area contributed by atoms with Crippen molar-refractivity contribution in [2.45, 2.75) is 6.54 Å². The number of fused-ring (bicyclic) bond motifs is 3. The van der Waals surface area contributed by atoms with E-state index in [0.717, 1.165) is 11.0 Å². The van der Waals surface area contributed by atoms with Crippen LogP contribution >= 0.6 is 0 Å². The number of aromatic nitrogens is 5. The zero-order chi connectivity index (χ0) is 23.3. The first kappa shape index (κ1) is 21.4.